The highest BCUT2D eigenvalue weighted by Gasteiger charge is 2.30. The van der Waals surface area contributed by atoms with E-state index in [0.717, 1.165) is 39.3 Å². The molecular weight excluding hydrogens is 302 g/mol. The van der Waals surface area contributed by atoms with Crippen LogP contribution in [0.3, 0.4) is 0 Å². The average molecular weight is 327 g/mol. The van der Waals surface area contributed by atoms with Crippen molar-refractivity contribution in [2.75, 3.05) is 26.2 Å². The van der Waals surface area contributed by atoms with Gasteiger partial charge >= 0.3 is 0 Å². The van der Waals surface area contributed by atoms with E-state index in [1.807, 2.05) is 4.68 Å². The van der Waals surface area contributed by atoms with Crippen LogP contribution < -0.4 is 16.1 Å². The van der Waals surface area contributed by atoms with Gasteiger partial charge in [0.15, 0.2) is 0 Å². The molecule has 24 heavy (non-hydrogen) atoms. The molecule has 0 spiro atoms. The Labute approximate surface area is 142 Å². The molecule has 0 amide bonds. The van der Waals surface area contributed by atoms with E-state index in [9.17, 15) is 0 Å². The van der Waals surface area contributed by atoms with Crippen molar-refractivity contribution in [2.45, 2.75) is 25.7 Å². The van der Waals surface area contributed by atoms with Crippen molar-refractivity contribution < 1.29 is 0 Å². The smallest absolute Gasteiger partial charge is 0.137 e. The van der Waals surface area contributed by atoms with E-state index in [1.54, 1.807) is 12.7 Å². The molecule has 0 aliphatic carbocycles. The van der Waals surface area contributed by atoms with Crippen LogP contribution in [0.5, 0.6) is 0 Å². The van der Waals surface area contributed by atoms with Gasteiger partial charge in [-0.2, -0.15) is 5.10 Å². The van der Waals surface area contributed by atoms with Crippen LogP contribution in [0.1, 0.15) is 17.5 Å². The number of nitrogens with one attached hydrogen (secondary N) is 3. The Morgan fingerprint density at radius 1 is 1.21 bits per heavy atom. The van der Waals surface area contributed by atoms with E-state index < -0.39 is 0 Å². The minimum absolute atomic E-state index is 0.541. The van der Waals surface area contributed by atoms with Gasteiger partial charge in [0, 0.05) is 32.7 Å². The van der Waals surface area contributed by atoms with Gasteiger partial charge in [0.2, 0.25) is 0 Å². The zero-order chi connectivity index (χ0) is 16.2. The molecule has 4 rings (SSSR count). The summed E-state index contributed by atoms with van der Waals surface area (Å²) in [5, 5.41) is 13.7. The first-order valence-corrected chi connectivity index (χ1v) is 8.71. The van der Waals surface area contributed by atoms with Gasteiger partial charge in [0.1, 0.15) is 12.7 Å². The van der Waals surface area contributed by atoms with Crippen molar-refractivity contribution in [3.05, 3.63) is 48.0 Å². The van der Waals surface area contributed by atoms with Crippen molar-refractivity contribution in [3.63, 3.8) is 0 Å². The summed E-state index contributed by atoms with van der Waals surface area (Å²) in [5.41, 5.74) is 6.01. The Morgan fingerprint density at radius 2 is 2.08 bits per heavy atom. The van der Waals surface area contributed by atoms with Gasteiger partial charge in [0.25, 0.3) is 0 Å². The van der Waals surface area contributed by atoms with E-state index >= 15 is 0 Å². The predicted molar refractivity (Wildman–Crippen MR) is 91.9 cm³/mol. The lowest BCUT2D eigenvalue weighted by atomic mass is 10.1. The Morgan fingerprint density at radius 3 is 2.92 bits per heavy atom. The highest BCUT2D eigenvalue weighted by atomic mass is 15.6. The molecule has 3 N–H and O–H groups in total. The minimum atomic E-state index is 0.541. The number of hydrazine groups is 1. The SMILES string of the molecule is c1ncn(Cc2ccc(CNCC3CNC4CCNN4C3)cc2)n1. The van der Waals surface area contributed by atoms with Crippen LogP contribution in [0.2, 0.25) is 0 Å². The summed E-state index contributed by atoms with van der Waals surface area (Å²) in [5.74, 6) is 0.651. The van der Waals surface area contributed by atoms with Crippen LogP contribution in [0.25, 0.3) is 0 Å². The summed E-state index contributed by atoms with van der Waals surface area (Å²) in [4.78, 5) is 3.97. The number of benzene rings is 1. The molecule has 3 heterocycles. The Bertz CT molecular complexity index is 625. The Hall–Kier alpha value is -1.80. The van der Waals surface area contributed by atoms with E-state index in [0.29, 0.717) is 12.1 Å². The first-order valence-electron chi connectivity index (χ1n) is 8.71. The summed E-state index contributed by atoms with van der Waals surface area (Å²) in [6.07, 6.45) is 5.06. The number of aromatic nitrogens is 3. The first-order chi connectivity index (χ1) is 11.9. The maximum atomic E-state index is 4.14. The summed E-state index contributed by atoms with van der Waals surface area (Å²) in [6.45, 7) is 6.05. The molecule has 2 fully saturated rings. The fourth-order valence-electron chi connectivity index (χ4n) is 3.48. The molecule has 2 aromatic rings. The minimum Gasteiger partial charge on any atom is -0.312 e. The zero-order valence-electron chi connectivity index (χ0n) is 13.9. The number of rotatable bonds is 6. The summed E-state index contributed by atoms with van der Waals surface area (Å²) < 4.78 is 1.84. The van der Waals surface area contributed by atoms with Gasteiger partial charge in [-0.05, 0) is 23.5 Å². The van der Waals surface area contributed by atoms with Gasteiger partial charge in [0.05, 0.1) is 12.7 Å². The summed E-state index contributed by atoms with van der Waals surface area (Å²) in [7, 11) is 0. The van der Waals surface area contributed by atoms with Crippen molar-refractivity contribution >= 4 is 0 Å². The highest BCUT2D eigenvalue weighted by Crippen LogP contribution is 2.14. The third-order valence-electron chi connectivity index (χ3n) is 4.80. The second kappa shape index (κ2) is 7.40. The lowest BCUT2D eigenvalue weighted by Gasteiger charge is -2.35. The fourth-order valence-corrected chi connectivity index (χ4v) is 3.48. The second-order valence-electron chi connectivity index (χ2n) is 6.68. The first kappa shape index (κ1) is 15.7. The van der Waals surface area contributed by atoms with Gasteiger partial charge in [-0.25, -0.2) is 14.7 Å². The van der Waals surface area contributed by atoms with Crippen LogP contribution in [0, 0.1) is 5.92 Å². The lowest BCUT2D eigenvalue weighted by molar-refractivity contribution is 0.0904. The van der Waals surface area contributed by atoms with Crippen molar-refractivity contribution in [2.24, 2.45) is 5.92 Å². The van der Waals surface area contributed by atoms with Gasteiger partial charge < -0.3 is 10.6 Å². The van der Waals surface area contributed by atoms with Gasteiger partial charge in [-0.1, -0.05) is 24.3 Å². The topological polar surface area (TPSA) is 70.0 Å². The van der Waals surface area contributed by atoms with E-state index in [1.165, 1.54) is 17.5 Å². The predicted octanol–water partition coefficient (Wildman–Crippen LogP) is 0.172. The molecule has 0 radical (unpaired) electrons. The Balaban J connectivity index is 1.21. The molecule has 2 unspecified atom stereocenters. The summed E-state index contributed by atoms with van der Waals surface area (Å²) >= 11 is 0. The van der Waals surface area contributed by atoms with E-state index in [4.69, 9.17) is 0 Å². The summed E-state index contributed by atoms with van der Waals surface area (Å²) in [6, 6.07) is 8.71. The van der Waals surface area contributed by atoms with Crippen LogP contribution in [0.15, 0.2) is 36.9 Å². The number of nitrogens with zero attached hydrogens (tertiary/aromatic N) is 4. The normalized spacial score (nSPS) is 24.2. The van der Waals surface area contributed by atoms with Crippen molar-refractivity contribution in [3.8, 4) is 0 Å². The molecule has 2 aliphatic heterocycles. The fraction of sp³-hybridized carbons (Fsp3) is 0.529. The average Bonchev–Trinajstić information content (AvgIpc) is 3.27. The van der Waals surface area contributed by atoms with E-state index in [2.05, 4.69) is 55.4 Å². The number of hydrogen-bond donors (Lipinski definition) is 3. The quantitative estimate of drug-likeness (QED) is 0.703. The molecular formula is C17H25N7. The third-order valence-corrected chi connectivity index (χ3v) is 4.80. The molecule has 2 saturated heterocycles. The largest absolute Gasteiger partial charge is 0.312 e. The standard InChI is InChI=1S/C17H25N7/c1-3-15(10-23-13-19-12-22-23)4-2-14(1)7-18-8-16-9-20-17-5-6-21-24(17)11-16/h1-4,12-13,16-18,20-21H,5-11H2. The highest BCUT2D eigenvalue weighted by molar-refractivity contribution is 5.22. The second-order valence-corrected chi connectivity index (χ2v) is 6.68. The zero-order valence-corrected chi connectivity index (χ0v) is 13.9. The molecule has 7 heteroatoms. The molecule has 1 aromatic heterocycles. The van der Waals surface area contributed by atoms with Crippen molar-refractivity contribution in [1.29, 1.82) is 0 Å². The molecule has 128 valence electrons. The molecule has 7 nitrogen and oxygen atoms in total. The third kappa shape index (κ3) is 3.81. The van der Waals surface area contributed by atoms with Crippen LogP contribution in [0.4, 0.5) is 0 Å². The van der Waals surface area contributed by atoms with Crippen LogP contribution >= 0.6 is 0 Å². The lowest BCUT2D eigenvalue weighted by Crippen LogP contribution is -2.56. The molecule has 0 bridgehead atoms. The number of fused-ring (bicyclic) bond motifs is 1. The maximum absolute atomic E-state index is 4.14. The Kier molecular flexibility index (Phi) is 4.84. The van der Waals surface area contributed by atoms with Gasteiger partial charge in [-0.3, -0.25) is 5.43 Å². The van der Waals surface area contributed by atoms with Crippen LogP contribution in [-0.4, -0.2) is 52.1 Å². The molecule has 1 aromatic carbocycles. The number of hydrogen-bond acceptors (Lipinski definition) is 6. The molecule has 2 atom stereocenters. The molecule has 2 aliphatic rings. The molecule has 0 saturated carbocycles. The van der Waals surface area contributed by atoms with Crippen LogP contribution in [-0.2, 0) is 13.1 Å². The maximum Gasteiger partial charge on any atom is 0.137 e. The van der Waals surface area contributed by atoms with E-state index in [-0.39, 0.29) is 0 Å². The van der Waals surface area contributed by atoms with Gasteiger partial charge in [-0.15, -0.1) is 0 Å². The van der Waals surface area contributed by atoms with Crippen molar-refractivity contribution in [1.82, 2.24) is 35.8 Å². The monoisotopic (exact) mass is 327 g/mol.